The first kappa shape index (κ1) is 13.1. The fraction of sp³-hybridized carbons (Fsp3) is 0.455. The topological polar surface area (TPSA) is 38.5 Å². The van der Waals surface area contributed by atoms with Crippen LogP contribution >= 0.6 is 11.6 Å². The molecule has 1 aromatic rings. The molecule has 0 saturated carbocycles. The van der Waals surface area contributed by atoms with Gasteiger partial charge in [0, 0.05) is 26.3 Å². The monoisotopic (exact) mass is 246 g/mol. The maximum Gasteiger partial charge on any atom is 0.143 e. The van der Waals surface area contributed by atoms with Crippen molar-refractivity contribution in [2.24, 2.45) is 0 Å². The number of hydrogen-bond acceptors (Lipinski definition) is 3. The van der Waals surface area contributed by atoms with Crippen LogP contribution in [0, 0.1) is 5.82 Å². The average Bonchev–Trinajstić information content (AvgIpc) is 2.26. The highest BCUT2D eigenvalue weighted by Crippen LogP contribution is 2.29. The van der Waals surface area contributed by atoms with Crippen LogP contribution in [-0.4, -0.2) is 26.8 Å². The molecule has 16 heavy (non-hydrogen) atoms. The summed E-state index contributed by atoms with van der Waals surface area (Å²) in [4.78, 5) is 1.99. The Morgan fingerprint density at radius 3 is 2.75 bits per heavy atom. The Morgan fingerprint density at radius 2 is 2.19 bits per heavy atom. The third kappa shape index (κ3) is 3.00. The van der Waals surface area contributed by atoms with Crippen molar-refractivity contribution in [1.29, 1.82) is 0 Å². The third-order valence-electron chi connectivity index (χ3n) is 2.36. The van der Waals surface area contributed by atoms with Gasteiger partial charge in [-0.15, -0.1) is 0 Å². The summed E-state index contributed by atoms with van der Waals surface area (Å²) in [5.41, 5.74) is 6.89. The van der Waals surface area contributed by atoms with Gasteiger partial charge in [-0.2, -0.15) is 0 Å². The second-order valence-corrected chi connectivity index (χ2v) is 3.80. The molecular weight excluding hydrogens is 231 g/mol. The maximum atomic E-state index is 13.1. The lowest BCUT2D eigenvalue weighted by Crippen LogP contribution is -2.27. The summed E-state index contributed by atoms with van der Waals surface area (Å²) in [6, 6.07) is 2.79. The lowest BCUT2D eigenvalue weighted by Gasteiger charge is -2.24. The lowest BCUT2D eigenvalue weighted by molar-refractivity contribution is 0.205. The summed E-state index contributed by atoms with van der Waals surface area (Å²) in [6.45, 7) is 4.03. The Hall–Kier alpha value is -1.00. The van der Waals surface area contributed by atoms with E-state index in [0.29, 0.717) is 18.8 Å². The molecule has 90 valence electrons. The largest absolute Gasteiger partial charge is 0.397 e. The highest BCUT2D eigenvalue weighted by Gasteiger charge is 2.11. The molecule has 0 aliphatic rings. The predicted molar refractivity (Wildman–Crippen MR) is 65.6 cm³/mol. The first-order valence-electron chi connectivity index (χ1n) is 5.08. The van der Waals surface area contributed by atoms with Crippen LogP contribution in [0.2, 0.25) is 5.02 Å². The van der Waals surface area contributed by atoms with Gasteiger partial charge in [0.05, 0.1) is 23.0 Å². The predicted octanol–water partition coefficient (Wildman–Crippen LogP) is 2.53. The summed E-state index contributed by atoms with van der Waals surface area (Å²) in [5, 5.41) is 0.0834. The molecule has 0 bridgehead atoms. The second-order valence-electron chi connectivity index (χ2n) is 3.40. The van der Waals surface area contributed by atoms with Crippen molar-refractivity contribution in [3.8, 4) is 0 Å². The van der Waals surface area contributed by atoms with Gasteiger partial charge in [-0.1, -0.05) is 11.6 Å². The van der Waals surface area contributed by atoms with Gasteiger partial charge >= 0.3 is 0 Å². The molecule has 0 spiro atoms. The quantitative estimate of drug-likeness (QED) is 0.812. The van der Waals surface area contributed by atoms with E-state index >= 15 is 0 Å². The number of ether oxygens (including phenoxy) is 1. The number of nitrogen functional groups attached to an aromatic ring is 1. The molecule has 5 heteroatoms. The molecule has 0 unspecified atom stereocenters. The van der Waals surface area contributed by atoms with Crippen LogP contribution in [0.5, 0.6) is 0 Å². The third-order valence-corrected chi connectivity index (χ3v) is 2.65. The zero-order valence-electron chi connectivity index (χ0n) is 9.46. The van der Waals surface area contributed by atoms with Gasteiger partial charge in [-0.05, 0) is 13.0 Å². The molecule has 0 saturated heterocycles. The van der Waals surface area contributed by atoms with E-state index < -0.39 is 5.82 Å². The van der Waals surface area contributed by atoms with E-state index in [9.17, 15) is 4.39 Å². The van der Waals surface area contributed by atoms with Crippen LogP contribution in [0.3, 0.4) is 0 Å². The summed E-state index contributed by atoms with van der Waals surface area (Å²) >= 11 is 5.73. The molecule has 0 amide bonds. The van der Waals surface area contributed by atoms with E-state index in [1.807, 2.05) is 11.8 Å². The number of methoxy groups -OCH3 is 1. The zero-order chi connectivity index (χ0) is 12.1. The molecule has 1 aromatic carbocycles. The number of anilines is 2. The molecule has 1 rings (SSSR count). The van der Waals surface area contributed by atoms with Crippen molar-refractivity contribution in [2.75, 3.05) is 37.4 Å². The lowest BCUT2D eigenvalue weighted by atomic mass is 10.2. The molecule has 0 aliphatic heterocycles. The fourth-order valence-corrected chi connectivity index (χ4v) is 1.63. The van der Waals surface area contributed by atoms with Gasteiger partial charge in [0.2, 0.25) is 0 Å². The molecular formula is C11H16ClFN2O. The van der Waals surface area contributed by atoms with Crippen molar-refractivity contribution in [1.82, 2.24) is 0 Å². The molecule has 2 N–H and O–H groups in total. The highest BCUT2D eigenvalue weighted by atomic mass is 35.5. The standard InChI is InChI=1S/C11H16ClFN2O/c1-3-15(4-5-16-2)11-6-8(12)9(13)7-10(11)14/h6-7H,3-5,14H2,1-2H3. The van der Waals surface area contributed by atoms with E-state index in [1.165, 1.54) is 6.07 Å². The van der Waals surface area contributed by atoms with Crippen LogP contribution in [0.1, 0.15) is 6.92 Å². The normalized spacial score (nSPS) is 10.5. The average molecular weight is 247 g/mol. The molecule has 0 aromatic heterocycles. The van der Waals surface area contributed by atoms with Crippen LogP contribution in [-0.2, 0) is 4.74 Å². The highest BCUT2D eigenvalue weighted by molar-refractivity contribution is 6.31. The Labute approximate surface area is 99.9 Å². The van der Waals surface area contributed by atoms with Gasteiger partial charge in [-0.3, -0.25) is 0 Å². The Kier molecular flexibility index (Phi) is 4.83. The van der Waals surface area contributed by atoms with Crippen LogP contribution in [0.15, 0.2) is 12.1 Å². The molecule has 0 heterocycles. The van der Waals surface area contributed by atoms with Crippen molar-refractivity contribution in [3.05, 3.63) is 23.0 Å². The first-order valence-corrected chi connectivity index (χ1v) is 5.46. The minimum Gasteiger partial charge on any atom is -0.397 e. The number of benzene rings is 1. The zero-order valence-corrected chi connectivity index (χ0v) is 10.2. The van der Waals surface area contributed by atoms with Crippen molar-refractivity contribution in [3.63, 3.8) is 0 Å². The molecule has 0 fully saturated rings. The fourth-order valence-electron chi connectivity index (χ4n) is 1.48. The van der Waals surface area contributed by atoms with Crippen molar-refractivity contribution >= 4 is 23.0 Å². The van der Waals surface area contributed by atoms with E-state index in [4.69, 9.17) is 22.1 Å². The molecule has 0 atom stereocenters. The summed E-state index contributed by atoms with van der Waals surface area (Å²) in [6.07, 6.45) is 0. The Balaban J connectivity index is 2.95. The van der Waals surface area contributed by atoms with E-state index in [1.54, 1.807) is 13.2 Å². The number of nitrogens with zero attached hydrogens (tertiary/aromatic N) is 1. The SMILES string of the molecule is CCN(CCOC)c1cc(Cl)c(F)cc1N. The smallest absolute Gasteiger partial charge is 0.143 e. The molecule has 0 aliphatic carbocycles. The Morgan fingerprint density at radius 1 is 1.50 bits per heavy atom. The van der Waals surface area contributed by atoms with E-state index in [-0.39, 0.29) is 5.02 Å². The minimum absolute atomic E-state index is 0.0834. The van der Waals surface area contributed by atoms with Crippen LogP contribution in [0.4, 0.5) is 15.8 Å². The van der Waals surface area contributed by atoms with Gasteiger partial charge in [0.15, 0.2) is 0 Å². The van der Waals surface area contributed by atoms with E-state index in [0.717, 1.165) is 12.2 Å². The first-order chi connectivity index (χ1) is 7.60. The van der Waals surface area contributed by atoms with Crippen LogP contribution < -0.4 is 10.6 Å². The summed E-state index contributed by atoms with van der Waals surface area (Å²) in [5.74, 6) is -0.495. The second kappa shape index (κ2) is 5.92. The maximum absolute atomic E-state index is 13.1. The van der Waals surface area contributed by atoms with Gasteiger partial charge < -0.3 is 15.4 Å². The summed E-state index contributed by atoms with van der Waals surface area (Å²) < 4.78 is 18.1. The minimum atomic E-state index is -0.495. The number of nitrogens with two attached hydrogens (primary N) is 1. The Bertz CT molecular complexity index is 360. The number of halogens is 2. The van der Waals surface area contributed by atoms with Gasteiger partial charge in [0.1, 0.15) is 5.82 Å². The molecule has 0 radical (unpaired) electrons. The van der Waals surface area contributed by atoms with E-state index in [2.05, 4.69) is 0 Å². The van der Waals surface area contributed by atoms with Gasteiger partial charge in [0.25, 0.3) is 0 Å². The summed E-state index contributed by atoms with van der Waals surface area (Å²) in [7, 11) is 1.63. The number of rotatable bonds is 5. The van der Waals surface area contributed by atoms with Gasteiger partial charge in [-0.25, -0.2) is 4.39 Å². The van der Waals surface area contributed by atoms with Crippen LogP contribution in [0.25, 0.3) is 0 Å². The van der Waals surface area contributed by atoms with Crippen molar-refractivity contribution in [2.45, 2.75) is 6.92 Å². The number of hydrogen-bond donors (Lipinski definition) is 1. The van der Waals surface area contributed by atoms with Crippen molar-refractivity contribution < 1.29 is 9.13 Å². The molecule has 3 nitrogen and oxygen atoms in total. The number of likely N-dealkylation sites (N-methyl/N-ethyl adjacent to an activating group) is 1.